The number of rotatable bonds is 4. The fraction of sp³-hybridized carbons (Fsp3) is 0.0909. The van der Waals surface area contributed by atoms with Crippen LogP contribution in [0.4, 0.5) is 5.69 Å². The summed E-state index contributed by atoms with van der Waals surface area (Å²) in [6.07, 6.45) is 0. The smallest absolute Gasteiger partial charge is 0.339 e. The van der Waals surface area contributed by atoms with Gasteiger partial charge in [0.05, 0.1) is 4.92 Å². The fourth-order valence-electron chi connectivity index (χ4n) is 1.49. The van der Waals surface area contributed by atoms with Gasteiger partial charge in [-0.3, -0.25) is 15.2 Å². The summed E-state index contributed by atoms with van der Waals surface area (Å²) in [5.74, 6) is -1.59. The molecule has 0 fully saturated rings. The number of hydrogen-bond acceptors (Lipinski definition) is 5. The van der Waals surface area contributed by atoms with E-state index in [0.29, 0.717) is 5.69 Å². The summed E-state index contributed by atoms with van der Waals surface area (Å²) >= 11 is 0. The van der Waals surface area contributed by atoms with Gasteiger partial charge in [0.15, 0.2) is 0 Å². The molecule has 19 heavy (non-hydrogen) atoms. The number of nitro groups is 1. The van der Waals surface area contributed by atoms with Crippen molar-refractivity contribution >= 4 is 11.7 Å². The Kier molecular flexibility index (Phi) is 3.15. The monoisotopic (exact) mass is 263 g/mol. The number of carbonyl (C=O) groups is 1. The Balaban J connectivity index is 2.52. The number of H-pyrrole nitrogens is 1. The average Bonchev–Trinajstić information content (AvgIpc) is 2.74. The second-order valence-corrected chi connectivity index (χ2v) is 3.71. The Morgan fingerprint density at radius 3 is 2.79 bits per heavy atom. The number of ether oxygens (including phenoxy) is 1. The highest BCUT2D eigenvalue weighted by Gasteiger charge is 2.24. The highest BCUT2D eigenvalue weighted by molar-refractivity contribution is 5.92. The van der Waals surface area contributed by atoms with Gasteiger partial charge in [-0.15, -0.1) is 5.10 Å². The number of carboxylic acids is 1. The minimum absolute atomic E-state index is 0.0642. The summed E-state index contributed by atoms with van der Waals surface area (Å²) < 4.78 is 5.22. The van der Waals surface area contributed by atoms with Crippen molar-refractivity contribution in [2.45, 2.75) is 6.92 Å². The molecule has 0 aliphatic rings. The fourth-order valence-corrected chi connectivity index (χ4v) is 1.49. The average molecular weight is 263 g/mol. The molecule has 0 aliphatic heterocycles. The van der Waals surface area contributed by atoms with Crippen LogP contribution < -0.4 is 4.74 Å². The van der Waals surface area contributed by atoms with Gasteiger partial charge in [-0.1, -0.05) is 6.07 Å². The van der Waals surface area contributed by atoms with Crippen LogP contribution in [0.15, 0.2) is 24.3 Å². The van der Waals surface area contributed by atoms with E-state index in [1.165, 1.54) is 24.3 Å². The second-order valence-electron chi connectivity index (χ2n) is 3.71. The van der Waals surface area contributed by atoms with E-state index >= 15 is 0 Å². The molecule has 2 N–H and O–H groups in total. The molecule has 0 saturated carbocycles. The quantitative estimate of drug-likeness (QED) is 0.644. The van der Waals surface area contributed by atoms with Gasteiger partial charge in [0.2, 0.25) is 11.6 Å². The maximum Gasteiger partial charge on any atom is 0.339 e. The van der Waals surface area contributed by atoms with Gasteiger partial charge < -0.3 is 9.84 Å². The Morgan fingerprint density at radius 1 is 1.53 bits per heavy atom. The Morgan fingerprint density at radius 2 is 2.26 bits per heavy atom. The van der Waals surface area contributed by atoms with E-state index in [4.69, 9.17) is 9.84 Å². The second kappa shape index (κ2) is 4.77. The van der Waals surface area contributed by atoms with E-state index in [9.17, 15) is 14.9 Å². The first-order valence-corrected chi connectivity index (χ1v) is 5.19. The van der Waals surface area contributed by atoms with Crippen molar-refractivity contribution < 1.29 is 19.6 Å². The third-order valence-electron chi connectivity index (χ3n) is 2.31. The number of nitro benzene ring substituents is 1. The molecule has 0 aliphatic carbocycles. The largest absolute Gasteiger partial charge is 0.478 e. The molecule has 0 amide bonds. The summed E-state index contributed by atoms with van der Waals surface area (Å²) in [4.78, 5) is 21.3. The van der Waals surface area contributed by atoms with Crippen molar-refractivity contribution in [3.63, 3.8) is 0 Å². The number of para-hydroxylation sites is 1. The lowest BCUT2D eigenvalue weighted by molar-refractivity contribution is -0.385. The summed E-state index contributed by atoms with van der Waals surface area (Å²) in [5, 5.41) is 26.3. The maximum absolute atomic E-state index is 11.1. The molecule has 0 unspecified atom stereocenters. The molecule has 0 bridgehead atoms. The first-order chi connectivity index (χ1) is 8.99. The lowest BCUT2D eigenvalue weighted by Gasteiger charge is -2.06. The summed E-state index contributed by atoms with van der Waals surface area (Å²) in [6, 6.07) is 5.18. The summed E-state index contributed by atoms with van der Waals surface area (Å²) in [7, 11) is 0. The van der Waals surface area contributed by atoms with E-state index in [-0.39, 0.29) is 17.2 Å². The Hall–Kier alpha value is -2.90. The van der Waals surface area contributed by atoms with Gasteiger partial charge in [-0.05, 0) is 13.0 Å². The number of carboxylic acid groups (broad SMARTS) is 1. The van der Waals surface area contributed by atoms with Crippen molar-refractivity contribution in [3.8, 4) is 11.6 Å². The molecule has 0 atom stereocenters. The highest BCUT2D eigenvalue weighted by atomic mass is 16.6. The lowest BCUT2D eigenvalue weighted by atomic mass is 10.2. The zero-order valence-electron chi connectivity index (χ0n) is 9.78. The molecule has 8 heteroatoms. The molecule has 0 spiro atoms. The van der Waals surface area contributed by atoms with E-state index in [0.717, 1.165) is 0 Å². The molecule has 98 valence electrons. The van der Waals surface area contributed by atoms with Crippen LogP contribution in [0, 0.1) is 17.0 Å². The minimum Gasteiger partial charge on any atom is -0.478 e. The van der Waals surface area contributed by atoms with Gasteiger partial charge in [0.1, 0.15) is 5.56 Å². The van der Waals surface area contributed by atoms with Gasteiger partial charge in [0.25, 0.3) is 0 Å². The van der Waals surface area contributed by atoms with E-state index in [1.807, 2.05) is 0 Å². The third kappa shape index (κ3) is 2.51. The highest BCUT2D eigenvalue weighted by Crippen LogP contribution is 2.34. The van der Waals surface area contributed by atoms with Crippen LogP contribution in [-0.2, 0) is 0 Å². The van der Waals surface area contributed by atoms with Crippen LogP contribution in [0.3, 0.4) is 0 Å². The Labute approximate surface area is 106 Å². The van der Waals surface area contributed by atoms with Gasteiger partial charge in [0, 0.05) is 17.8 Å². The normalized spacial score (nSPS) is 10.2. The molecule has 2 aromatic rings. The number of aromatic amines is 1. The lowest BCUT2D eigenvalue weighted by Crippen LogP contribution is -2.03. The maximum atomic E-state index is 11.1. The van der Waals surface area contributed by atoms with E-state index in [2.05, 4.69) is 10.2 Å². The van der Waals surface area contributed by atoms with Crippen LogP contribution in [0.2, 0.25) is 0 Å². The number of aromatic carboxylic acids is 1. The van der Waals surface area contributed by atoms with Gasteiger partial charge >= 0.3 is 11.7 Å². The number of aryl methyl sites for hydroxylation is 1. The number of nitrogens with one attached hydrogen (secondary N) is 1. The van der Waals surface area contributed by atoms with Crippen molar-refractivity contribution in [3.05, 3.63) is 45.6 Å². The van der Waals surface area contributed by atoms with Crippen LogP contribution >= 0.6 is 0 Å². The number of hydrogen-bond donors (Lipinski definition) is 2. The van der Waals surface area contributed by atoms with Crippen LogP contribution in [0.25, 0.3) is 0 Å². The number of benzene rings is 1. The van der Waals surface area contributed by atoms with Gasteiger partial charge in [-0.2, -0.15) is 0 Å². The van der Waals surface area contributed by atoms with Crippen molar-refractivity contribution in [2.75, 3.05) is 0 Å². The summed E-state index contributed by atoms with van der Waals surface area (Å²) in [5.41, 5.74) is -0.0409. The third-order valence-corrected chi connectivity index (χ3v) is 2.31. The first kappa shape index (κ1) is 12.6. The van der Waals surface area contributed by atoms with Crippen molar-refractivity contribution in [1.29, 1.82) is 0 Å². The SMILES string of the molecule is Cc1cc(Oc2c(C(=O)O)cccc2[N+](=O)[O-])n[nH]1. The molecule has 2 rings (SSSR count). The first-order valence-electron chi connectivity index (χ1n) is 5.19. The zero-order chi connectivity index (χ0) is 14.0. The van der Waals surface area contributed by atoms with Crippen molar-refractivity contribution in [1.82, 2.24) is 10.2 Å². The molecule has 0 saturated heterocycles. The van der Waals surface area contributed by atoms with Crippen LogP contribution in [0.1, 0.15) is 16.1 Å². The molecule has 8 nitrogen and oxygen atoms in total. The van der Waals surface area contributed by atoms with Crippen molar-refractivity contribution in [2.24, 2.45) is 0 Å². The Bertz CT molecular complexity index is 617. The number of nitrogens with zero attached hydrogens (tertiary/aromatic N) is 2. The van der Waals surface area contributed by atoms with E-state index in [1.54, 1.807) is 6.92 Å². The van der Waals surface area contributed by atoms with Crippen LogP contribution in [0.5, 0.6) is 11.6 Å². The molecular formula is C11H9N3O5. The number of aromatic nitrogens is 2. The molecule has 0 radical (unpaired) electrons. The zero-order valence-corrected chi connectivity index (χ0v) is 9.78. The predicted octanol–water partition coefficient (Wildman–Crippen LogP) is 2.12. The molecular weight excluding hydrogens is 254 g/mol. The van der Waals surface area contributed by atoms with Crippen LogP contribution in [-0.4, -0.2) is 26.2 Å². The molecule has 1 aromatic carbocycles. The summed E-state index contributed by atoms with van der Waals surface area (Å²) in [6.45, 7) is 1.72. The predicted molar refractivity (Wildman–Crippen MR) is 63.5 cm³/mol. The minimum atomic E-state index is -1.31. The van der Waals surface area contributed by atoms with E-state index < -0.39 is 16.6 Å². The molecule has 1 aromatic heterocycles. The van der Waals surface area contributed by atoms with Gasteiger partial charge in [-0.25, -0.2) is 4.79 Å². The molecule has 1 heterocycles. The topological polar surface area (TPSA) is 118 Å². The standard InChI is InChI=1S/C11H9N3O5/c1-6-5-9(13-12-6)19-10-7(11(15)16)3-2-4-8(10)14(17)18/h2-5H,1H3,(H,12,13)(H,15,16).